The van der Waals surface area contributed by atoms with Crippen LogP contribution in [0.1, 0.15) is 34.8 Å². The maximum atomic E-state index is 14.7. The van der Waals surface area contributed by atoms with E-state index in [0.29, 0.717) is 24.2 Å². The van der Waals surface area contributed by atoms with E-state index in [1.54, 1.807) is 18.2 Å². The molecule has 4 N–H and O–H groups in total. The van der Waals surface area contributed by atoms with Gasteiger partial charge in [-0.1, -0.05) is 6.07 Å². The van der Waals surface area contributed by atoms with Crippen LogP contribution in [0, 0.1) is 12.7 Å². The summed E-state index contributed by atoms with van der Waals surface area (Å²) in [6.45, 7) is 3.19. The zero-order chi connectivity index (χ0) is 19.1. The average molecular weight is 368 g/mol. The molecule has 0 unspecified atom stereocenters. The van der Waals surface area contributed by atoms with E-state index in [4.69, 9.17) is 16.2 Å². The summed E-state index contributed by atoms with van der Waals surface area (Å²) in [5, 5.41) is 1.40. The van der Waals surface area contributed by atoms with Gasteiger partial charge in [-0.2, -0.15) is 4.99 Å². The van der Waals surface area contributed by atoms with Crippen LogP contribution < -0.4 is 11.5 Å². The normalized spacial score (nSPS) is 15.3. The molecule has 1 aromatic heterocycles. The molecule has 0 bridgehead atoms. The Kier molecular flexibility index (Phi) is 4.31. The number of rotatable bonds is 2. The molecule has 0 aliphatic carbocycles. The minimum absolute atomic E-state index is 0.174. The lowest BCUT2D eigenvalue weighted by Crippen LogP contribution is -2.24. The van der Waals surface area contributed by atoms with E-state index < -0.39 is 5.91 Å². The number of fused-ring (bicyclic) bond motifs is 3. The number of aromatic nitrogens is 1. The van der Waals surface area contributed by atoms with E-state index >= 15 is 0 Å². The first-order chi connectivity index (χ1) is 13.0. The first kappa shape index (κ1) is 17.5. The van der Waals surface area contributed by atoms with Gasteiger partial charge < -0.3 is 20.8 Å². The number of hydrogen-bond acceptors (Lipinski definition) is 2. The van der Waals surface area contributed by atoms with Crippen LogP contribution in [0.25, 0.3) is 21.8 Å². The molecule has 140 valence electrons. The van der Waals surface area contributed by atoms with Gasteiger partial charge in [0.1, 0.15) is 5.82 Å². The number of nitrogens with zero attached hydrogens (tertiary/aromatic N) is 2. The van der Waals surface area contributed by atoms with Crippen LogP contribution in [-0.2, 0) is 4.74 Å². The molecule has 4 rings (SSSR count). The van der Waals surface area contributed by atoms with Gasteiger partial charge >= 0.3 is 0 Å². The van der Waals surface area contributed by atoms with Crippen molar-refractivity contribution in [2.45, 2.75) is 25.8 Å². The minimum Gasteiger partial charge on any atom is -0.381 e. The van der Waals surface area contributed by atoms with Crippen LogP contribution in [0.3, 0.4) is 0 Å². The van der Waals surface area contributed by atoms with Crippen molar-refractivity contribution in [1.82, 2.24) is 4.57 Å². The van der Waals surface area contributed by atoms with Crippen molar-refractivity contribution < 1.29 is 13.9 Å². The van der Waals surface area contributed by atoms with Crippen LogP contribution in [0.4, 0.5) is 4.39 Å². The molecule has 2 aromatic carbocycles. The molecule has 6 nitrogen and oxygen atoms in total. The van der Waals surface area contributed by atoms with E-state index in [2.05, 4.69) is 9.56 Å². The maximum Gasteiger partial charge on any atom is 0.280 e. The number of amides is 1. The van der Waals surface area contributed by atoms with Crippen LogP contribution >= 0.6 is 0 Å². The molecule has 1 amide bonds. The molecule has 0 atom stereocenters. The number of hydrogen-bond donors (Lipinski definition) is 2. The van der Waals surface area contributed by atoms with Gasteiger partial charge in [-0.15, -0.1) is 0 Å². The van der Waals surface area contributed by atoms with Crippen LogP contribution in [0.5, 0.6) is 0 Å². The zero-order valence-corrected chi connectivity index (χ0v) is 15.0. The summed E-state index contributed by atoms with van der Waals surface area (Å²) >= 11 is 0. The molecule has 3 aromatic rings. The predicted octanol–water partition coefficient (Wildman–Crippen LogP) is 3.01. The molecule has 7 heteroatoms. The first-order valence-corrected chi connectivity index (χ1v) is 8.92. The van der Waals surface area contributed by atoms with E-state index in [1.165, 1.54) is 6.07 Å². The summed E-state index contributed by atoms with van der Waals surface area (Å²) in [5.41, 5.74) is 13.5. The van der Waals surface area contributed by atoms with Crippen LogP contribution in [0.2, 0.25) is 0 Å². The number of nitrogens with two attached hydrogens (primary N) is 2. The molecule has 1 fully saturated rings. The molecular formula is C20H21FN4O2. The molecule has 1 saturated heterocycles. The Morgan fingerprint density at radius 2 is 1.93 bits per heavy atom. The summed E-state index contributed by atoms with van der Waals surface area (Å²) < 4.78 is 22.4. The van der Waals surface area contributed by atoms with Crippen molar-refractivity contribution >= 4 is 33.7 Å². The number of carbonyl (C=O) groups is 1. The monoisotopic (exact) mass is 368 g/mol. The number of halogens is 1. The fraction of sp³-hybridized carbons (Fsp3) is 0.300. The lowest BCUT2D eigenvalue weighted by atomic mass is 10.0. The largest absolute Gasteiger partial charge is 0.381 e. The maximum absolute atomic E-state index is 14.7. The fourth-order valence-electron chi connectivity index (χ4n) is 4.02. The Bertz CT molecular complexity index is 1080. The molecule has 0 saturated carbocycles. The highest BCUT2D eigenvalue weighted by Gasteiger charge is 2.24. The standard InChI is InChI=1S/C20H21FN4O2/c1-11-9-12(19(26)24-20(22)23)10-16-17(11)18-14(21)3-2-4-15(18)25(16)13-5-7-27-8-6-13/h2-4,9-10,13H,5-8H2,1H3,(H4,22,23,24,26). The predicted molar refractivity (Wildman–Crippen MR) is 103 cm³/mol. The number of ether oxygens (including phenoxy) is 1. The topological polar surface area (TPSA) is 95.6 Å². The molecule has 1 aliphatic heterocycles. The lowest BCUT2D eigenvalue weighted by Gasteiger charge is -2.25. The van der Waals surface area contributed by atoms with Gasteiger partial charge in [-0.05, 0) is 49.6 Å². The number of carbonyl (C=O) groups excluding carboxylic acids is 1. The second-order valence-electron chi connectivity index (χ2n) is 6.88. The third kappa shape index (κ3) is 2.94. The molecule has 2 heterocycles. The van der Waals surface area contributed by atoms with Gasteiger partial charge in [0, 0.05) is 35.6 Å². The second kappa shape index (κ2) is 6.66. The van der Waals surface area contributed by atoms with Crippen LogP contribution in [0.15, 0.2) is 35.3 Å². The van der Waals surface area contributed by atoms with Gasteiger partial charge in [0.15, 0.2) is 5.96 Å². The Morgan fingerprint density at radius 1 is 1.19 bits per heavy atom. The number of aliphatic imine (C=N–C) groups is 1. The van der Waals surface area contributed by atoms with Crippen molar-refractivity contribution in [2.24, 2.45) is 16.5 Å². The quantitative estimate of drug-likeness (QED) is 0.537. The Labute approximate surface area is 155 Å². The van der Waals surface area contributed by atoms with Crippen molar-refractivity contribution in [3.63, 3.8) is 0 Å². The Morgan fingerprint density at radius 3 is 2.63 bits per heavy atom. The molecule has 27 heavy (non-hydrogen) atoms. The molecule has 0 radical (unpaired) electrons. The fourth-order valence-corrected chi connectivity index (χ4v) is 4.02. The van der Waals surface area contributed by atoms with E-state index in [0.717, 1.165) is 34.8 Å². The van der Waals surface area contributed by atoms with E-state index in [-0.39, 0.29) is 17.8 Å². The summed E-state index contributed by atoms with van der Waals surface area (Å²) in [6.07, 6.45) is 1.67. The van der Waals surface area contributed by atoms with E-state index in [1.807, 2.05) is 13.0 Å². The summed E-state index contributed by atoms with van der Waals surface area (Å²) in [6, 6.07) is 8.74. The Hall–Kier alpha value is -2.93. The highest BCUT2D eigenvalue weighted by molar-refractivity contribution is 6.13. The number of aryl methyl sites for hydroxylation is 1. The van der Waals surface area contributed by atoms with Crippen molar-refractivity contribution in [3.05, 3.63) is 47.3 Å². The third-order valence-electron chi connectivity index (χ3n) is 5.11. The number of guanidine groups is 1. The Balaban J connectivity index is 2.05. The zero-order valence-electron chi connectivity index (χ0n) is 15.0. The van der Waals surface area contributed by atoms with Crippen molar-refractivity contribution in [3.8, 4) is 0 Å². The number of benzene rings is 2. The van der Waals surface area contributed by atoms with Gasteiger partial charge in [-0.3, -0.25) is 4.79 Å². The van der Waals surface area contributed by atoms with E-state index in [9.17, 15) is 9.18 Å². The van der Waals surface area contributed by atoms with Crippen molar-refractivity contribution in [2.75, 3.05) is 13.2 Å². The van der Waals surface area contributed by atoms with Crippen LogP contribution in [-0.4, -0.2) is 29.6 Å². The SMILES string of the molecule is Cc1cc(C(=O)N=C(N)N)cc2c1c1c(F)cccc1n2C1CCOCC1. The molecule has 1 aliphatic rings. The minimum atomic E-state index is -0.510. The molecule has 0 spiro atoms. The highest BCUT2D eigenvalue weighted by Crippen LogP contribution is 2.38. The molecular weight excluding hydrogens is 347 g/mol. The van der Waals surface area contributed by atoms with Gasteiger partial charge in [-0.25, -0.2) is 4.39 Å². The third-order valence-corrected chi connectivity index (χ3v) is 5.11. The first-order valence-electron chi connectivity index (χ1n) is 8.92. The van der Waals surface area contributed by atoms with Gasteiger partial charge in [0.05, 0.1) is 11.0 Å². The lowest BCUT2D eigenvalue weighted by molar-refractivity contribution is 0.0717. The smallest absolute Gasteiger partial charge is 0.280 e. The van der Waals surface area contributed by atoms with Crippen molar-refractivity contribution in [1.29, 1.82) is 0 Å². The summed E-state index contributed by atoms with van der Waals surface area (Å²) in [5.74, 6) is -1.06. The average Bonchev–Trinajstić information content (AvgIpc) is 2.98. The summed E-state index contributed by atoms with van der Waals surface area (Å²) in [7, 11) is 0. The summed E-state index contributed by atoms with van der Waals surface area (Å²) in [4.78, 5) is 16.0. The van der Waals surface area contributed by atoms with Gasteiger partial charge in [0.25, 0.3) is 5.91 Å². The van der Waals surface area contributed by atoms with Gasteiger partial charge in [0.2, 0.25) is 0 Å². The second-order valence-corrected chi connectivity index (χ2v) is 6.88. The highest BCUT2D eigenvalue weighted by atomic mass is 19.1.